The van der Waals surface area contributed by atoms with Crippen LogP contribution < -0.4 is 4.72 Å². The fraction of sp³-hybridized carbons (Fsp3) is 1.00. The van der Waals surface area contributed by atoms with E-state index < -0.39 is 9.92 Å². The zero-order chi connectivity index (χ0) is 9.47. The standard InChI is InChI=1S/C9H18N2OS/c1-13(10,12)11-6-7-2-3-8-5-9(8)4-7/h7-9H,2-6H2,1H3,(H2,10,11,12). The molecular weight excluding hydrogens is 184 g/mol. The van der Waals surface area contributed by atoms with Gasteiger partial charge in [0.2, 0.25) is 0 Å². The summed E-state index contributed by atoms with van der Waals surface area (Å²) < 4.78 is 21.1. The predicted molar refractivity (Wildman–Crippen MR) is 53.7 cm³/mol. The van der Waals surface area contributed by atoms with Gasteiger partial charge in [-0.1, -0.05) is 0 Å². The highest BCUT2D eigenvalue weighted by molar-refractivity contribution is 7.89. The van der Waals surface area contributed by atoms with Gasteiger partial charge < -0.3 is 0 Å². The molecule has 0 aliphatic heterocycles. The monoisotopic (exact) mass is 202 g/mol. The van der Waals surface area contributed by atoms with Crippen molar-refractivity contribution in [3.63, 3.8) is 0 Å². The molecule has 2 saturated carbocycles. The van der Waals surface area contributed by atoms with Crippen LogP contribution in [0.5, 0.6) is 0 Å². The van der Waals surface area contributed by atoms with Gasteiger partial charge in [0.15, 0.2) is 0 Å². The summed E-state index contributed by atoms with van der Waals surface area (Å²) in [5.74, 6) is 2.67. The highest BCUT2D eigenvalue weighted by Crippen LogP contribution is 2.51. The van der Waals surface area contributed by atoms with Crippen LogP contribution in [-0.4, -0.2) is 17.0 Å². The van der Waals surface area contributed by atoms with E-state index in [1.165, 1.54) is 31.9 Å². The molecule has 4 atom stereocenters. The number of fused-ring (bicyclic) bond motifs is 1. The van der Waals surface area contributed by atoms with E-state index >= 15 is 0 Å². The molecule has 0 aromatic rings. The van der Waals surface area contributed by atoms with Crippen molar-refractivity contribution in [1.82, 2.24) is 4.72 Å². The van der Waals surface area contributed by atoms with Crippen molar-refractivity contribution in [3.8, 4) is 0 Å². The molecule has 4 unspecified atom stereocenters. The Morgan fingerprint density at radius 2 is 2.15 bits per heavy atom. The minimum Gasteiger partial charge on any atom is -0.241 e. The summed E-state index contributed by atoms with van der Waals surface area (Å²) in [5.41, 5.74) is 0. The van der Waals surface area contributed by atoms with Crippen LogP contribution in [0.1, 0.15) is 25.7 Å². The van der Waals surface area contributed by atoms with Gasteiger partial charge in [-0.2, -0.15) is 0 Å². The molecule has 0 aromatic carbocycles. The summed E-state index contributed by atoms with van der Waals surface area (Å²) in [7, 11) is -2.48. The molecule has 0 aromatic heterocycles. The molecule has 3 nitrogen and oxygen atoms in total. The van der Waals surface area contributed by atoms with Crippen LogP contribution in [0.25, 0.3) is 0 Å². The Labute approximate surface area is 80.4 Å². The first-order valence-electron chi connectivity index (χ1n) is 5.03. The zero-order valence-corrected chi connectivity index (χ0v) is 8.90. The van der Waals surface area contributed by atoms with E-state index in [9.17, 15) is 4.21 Å². The van der Waals surface area contributed by atoms with Gasteiger partial charge >= 0.3 is 0 Å². The molecule has 4 heteroatoms. The maximum absolute atomic E-state index is 11.1. The lowest BCUT2D eigenvalue weighted by Crippen LogP contribution is -2.28. The average Bonchev–Trinajstić information content (AvgIpc) is 2.76. The SMILES string of the molecule is CS(=N)(=O)NCC1CCC2CC2C1. The summed E-state index contributed by atoms with van der Waals surface area (Å²) in [6.45, 7) is 0.780. The minimum absolute atomic E-state index is 0.676. The van der Waals surface area contributed by atoms with Gasteiger partial charge in [0, 0.05) is 12.8 Å². The van der Waals surface area contributed by atoms with Gasteiger partial charge in [0.05, 0.1) is 0 Å². The molecule has 2 N–H and O–H groups in total. The van der Waals surface area contributed by atoms with E-state index in [0.29, 0.717) is 5.92 Å². The van der Waals surface area contributed by atoms with Gasteiger partial charge in [-0.15, -0.1) is 0 Å². The molecular formula is C9H18N2OS. The minimum atomic E-state index is -2.48. The van der Waals surface area contributed by atoms with Crippen molar-refractivity contribution in [3.05, 3.63) is 0 Å². The van der Waals surface area contributed by atoms with Crippen LogP contribution >= 0.6 is 0 Å². The third kappa shape index (κ3) is 2.68. The lowest BCUT2D eigenvalue weighted by molar-refractivity contribution is 0.344. The first-order valence-corrected chi connectivity index (χ1v) is 6.99. The molecule has 0 bridgehead atoms. The Balaban J connectivity index is 1.76. The van der Waals surface area contributed by atoms with Crippen molar-refractivity contribution in [2.45, 2.75) is 25.7 Å². The van der Waals surface area contributed by atoms with Gasteiger partial charge in [0.25, 0.3) is 0 Å². The topological polar surface area (TPSA) is 53.0 Å². The third-order valence-electron chi connectivity index (χ3n) is 3.30. The highest BCUT2D eigenvalue weighted by atomic mass is 32.2. The van der Waals surface area contributed by atoms with Gasteiger partial charge in [-0.25, -0.2) is 13.7 Å². The van der Waals surface area contributed by atoms with E-state index in [1.54, 1.807) is 0 Å². The molecule has 0 radical (unpaired) electrons. The number of hydrogen-bond acceptors (Lipinski definition) is 2. The number of rotatable bonds is 3. The van der Waals surface area contributed by atoms with Crippen LogP contribution in [0.4, 0.5) is 0 Å². The summed E-state index contributed by atoms with van der Waals surface area (Å²) in [6.07, 6.45) is 6.81. The van der Waals surface area contributed by atoms with Crippen molar-refractivity contribution in [2.24, 2.45) is 17.8 Å². The van der Waals surface area contributed by atoms with E-state index in [4.69, 9.17) is 4.78 Å². The van der Waals surface area contributed by atoms with Crippen LogP contribution in [0, 0.1) is 22.5 Å². The van der Waals surface area contributed by atoms with Crippen LogP contribution in [0.15, 0.2) is 0 Å². The molecule has 2 aliphatic rings. The van der Waals surface area contributed by atoms with Gasteiger partial charge in [-0.05, 0) is 43.4 Å². The Bertz CT molecular complexity index is 286. The molecule has 0 saturated heterocycles. The Kier molecular flexibility index (Phi) is 2.36. The summed E-state index contributed by atoms with van der Waals surface area (Å²) >= 11 is 0. The van der Waals surface area contributed by atoms with E-state index in [1.807, 2.05) is 0 Å². The van der Waals surface area contributed by atoms with Crippen LogP contribution in [0.3, 0.4) is 0 Å². The van der Waals surface area contributed by atoms with E-state index in [2.05, 4.69) is 4.72 Å². The van der Waals surface area contributed by atoms with Gasteiger partial charge in [0.1, 0.15) is 9.92 Å². The van der Waals surface area contributed by atoms with E-state index in [-0.39, 0.29) is 0 Å². The average molecular weight is 202 g/mol. The molecule has 2 rings (SSSR count). The third-order valence-corrected chi connectivity index (χ3v) is 4.02. The molecule has 0 amide bonds. The van der Waals surface area contributed by atoms with Crippen LogP contribution in [-0.2, 0) is 9.92 Å². The largest absolute Gasteiger partial charge is 0.241 e. The normalized spacial score (nSPS) is 42.1. The Morgan fingerprint density at radius 3 is 2.77 bits per heavy atom. The van der Waals surface area contributed by atoms with Crippen molar-refractivity contribution in [2.75, 3.05) is 12.8 Å². The van der Waals surface area contributed by atoms with E-state index in [0.717, 1.165) is 18.4 Å². The van der Waals surface area contributed by atoms with Crippen molar-refractivity contribution < 1.29 is 4.21 Å². The molecule has 76 valence electrons. The maximum Gasteiger partial charge on any atom is 0.102 e. The van der Waals surface area contributed by atoms with Crippen molar-refractivity contribution in [1.29, 1.82) is 4.78 Å². The van der Waals surface area contributed by atoms with Gasteiger partial charge in [-0.3, -0.25) is 0 Å². The quantitative estimate of drug-likeness (QED) is 0.717. The molecule has 13 heavy (non-hydrogen) atoms. The lowest BCUT2D eigenvalue weighted by Gasteiger charge is -2.21. The fourth-order valence-corrected chi connectivity index (χ4v) is 2.96. The summed E-state index contributed by atoms with van der Waals surface area (Å²) in [4.78, 5) is 0. The summed E-state index contributed by atoms with van der Waals surface area (Å²) in [5, 5.41) is 0. The fourth-order valence-electron chi connectivity index (χ4n) is 2.41. The number of hydrogen-bond donors (Lipinski definition) is 2. The first kappa shape index (κ1) is 9.46. The highest BCUT2D eigenvalue weighted by Gasteiger charge is 2.41. The molecule has 2 fully saturated rings. The second-order valence-electron chi connectivity index (χ2n) is 4.63. The maximum atomic E-state index is 11.1. The second-order valence-corrected chi connectivity index (χ2v) is 6.60. The second kappa shape index (κ2) is 3.24. The predicted octanol–water partition coefficient (Wildman–Crippen LogP) is 1.60. The smallest absolute Gasteiger partial charge is 0.102 e. The number of nitrogens with one attached hydrogen (secondary N) is 2. The molecule has 2 aliphatic carbocycles. The zero-order valence-electron chi connectivity index (χ0n) is 8.08. The first-order chi connectivity index (χ1) is 6.04. The lowest BCUT2D eigenvalue weighted by atomic mass is 9.89. The Hall–Kier alpha value is -0.0900. The van der Waals surface area contributed by atoms with Crippen LogP contribution in [0.2, 0.25) is 0 Å². The Morgan fingerprint density at radius 1 is 1.38 bits per heavy atom. The summed E-state index contributed by atoms with van der Waals surface area (Å²) in [6, 6.07) is 0. The molecule has 0 spiro atoms. The molecule has 0 heterocycles. The van der Waals surface area contributed by atoms with Crippen molar-refractivity contribution >= 4 is 9.92 Å².